The van der Waals surface area contributed by atoms with Crippen molar-refractivity contribution in [1.82, 2.24) is 9.88 Å². The number of nitrogens with zero attached hydrogens (tertiary/aromatic N) is 1. The molecule has 1 heterocycles. The smallest absolute Gasteiger partial charge is 0.255 e. The Balaban J connectivity index is 2.63. The monoisotopic (exact) mass is 242 g/mol. The summed E-state index contributed by atoms with van der Waals surface area (Å²) >= 11 is 0. The lowest BCUT2D eigenvalue weighted by atomic mass is 10.0. The number of hydrogen-bond acceptors (Lipinski definition) is 2. The van der Waals surface area contributed by atoms with Gasteiger partial charge in [0.2, 0.25) is 0 Å². The molecule has 4 nitrogen and oxygen atoms in total. The van der Waals surface area contributed by atoms with Crippen LogP contribution in [0.2, 0.25) is 0 Å². The van der Waals surface area contributed by atoms with Crippen molar-refractivity contribution in [3.63, 3.8) is 0 Å². The molecule has 92 valence electrons. The molecule has 1 aromatic heterocycles. The predicted molar refractivity (Wildman–Crippen MR) is 70.5 cm³/mol. The van der Waals surface area contributed by atoms with E-state index in [1.807, 2.05) is 6.07 Å². The van der Waals surface area contributed by atoms with Crippen LogP contribution in [0.5, 0.6) is 0 Å². The maximum absolute atomic E-state index is 12.1. The second kappa shape index (κ2) is 4.87. The number of carbonyl (C=O) groups is 1. The van der Waals surface area contributed by atoms with E-state index in [9.17, 15) is 9.59 Å². The van der Waals surface area contributed by atoms with Crippen LogP contribution in [0.25, 0.3) is 11.1 Å². The van der Waals surface area contributed by atoms with Crippen molar-refractivity contribution in [1.29, 1.82) is 0 Å². The number of amides is 1. The Kier molecular flexibility index (Phi) is 3.28. The number of H-pyrrole nitrogens is 1. The van der Waals surface area contributed by atoms with E-state index in [1.54, 1.807) is 50.6 Å². The van der Waals surface area contributed by atoms with Crippen molar-refractivity contribution in [2.24, 2.45) is 0 Å². The van der Waals surface area contributed by atoms with Gasteiger partial charge in [0.05, 0.1) is 0 Å². The zero-order valence-corrected chi connectivity index (χ0v) is 10.3. The van der Waals surface area contributed by atoms with Gasteiger partial charge >= 0.3 is 0 Å². The van der Waals surface area contributed by atoms with Gasteiger partial charge in [-0.05, 0) is 23.8 Å². The average Bonchev–Trinajstić information content (AvgIpc) is 2.38. The molecule has 0 bridgehead atoms. The molecule has 1 aromatic carbocycles. The second-order valence-corrected chi connectivity index (χ2v) is 4.16. The van der Waals surface area contributed by atoms with E-state index >= 15 is 0 Å². The van der Waals surface area contributed by atoms with Crippen molar-refractivity contribution in [2.45, 2.75) is 0 Å². The summed E-state index contributed by atoms with van der Waals surface area (Å²) in [5.74, 6) is -0.117. The summed E-state index contributed by atoms with van der Waals surface area (Å²) in [6, 6.07) is 10.6. The highest BCUT2D eigenvalue weighted by Crippen LogP contribution is 2.21. The van der Waals surface area contributed by atoms with Gasteiger partial charge in [-0.1, -0.05) is 18.2 Å². The van der Waals surface area contributed by atoms with E-state index in [-0.39, 0.29) is 11.5 Å². The van der Waals surface area contributed by atoms with E-state index in [0.717, 1.165) is 0 Å². The molecule has 0 saturated carbocycles. The first-order chi connectivity index (χ1) is 8.61. The molecule has 0 aliphatic rings. The number of aromatic amines is 1. The first-order valence-electron chi connectivity index (χ1n) is 5.60. The third kappa shape index (κ3) is 2.18. The maximum atomic E-state index is 12.1. The van der Waals surface area contributed by atoms with Crippen LogP contribution in [0.3, 0.4) is 0 Å². The fourth-order valence-electron chi connectivity index (χ4n) is 1.78. The molecule has 1 amide bonds. The molecule has 18 heavy (non-hydrogen) atoms. The van der Waals surface area contributed by atoms with Crippen LogP contribution in [0.1, 0.15) is 10.4 Å². The topological polar surface area (TPSA) is 53.2 Å². The van der Waals surface area contributed by atoms with Gasteiger partial charge in [0, 0.05) is 31.4 Å². The molecule has 0 atom stereocenters. The van der Waals surface area contributed by atoms with Crippen molar-refractivity contribution < 1.29 is 4.79 Å². The normalized spacial score (nSPS) is 10.1. The maximum Gasteiger partial charge on any atom is 0.255 e. The molecule has 0 saturated heterocycles. The molecule has 0 unspecified atom stereocenters. The van der Waals surface area contributed by atoms with Crippen LogP contribution in [0.4, 0.5) is 0 Å². The molecular weight excluding hydrogens is 228 g/mol. The van der Waals surface area contributed by atoms with Crippen molar-refractivity contribution in [3.05, 3.63) is 58.5 Å². The van der Waals surface area contributed by atoms with Crippen LogP contribution in [0, 0.1) is 0 Å². The summed E-state index contributed by atoms with van der Waals surface area (Å²) in [7, 11) is 3.38. The average molecular weight is 242 g/mol. The third-order valence-corrected chi connectivity index (χ3v) is 2.67. The highest BCUT2D eigenvalue weighted by molar-refractivity contribution is 6.00. The van der Waals surface area contributed by atoms with E-state index in [2.05, 4.69) is 4.98 Å². The molecule has 2 rings (SSSR count). The van der Waals surface area contributed by atoms with E-state index in [0.29, 0.717) is 16.7 Å². The Morgan fingerprint density at radius 2 is 1.72 bits per heavy atom. The Bertz CT molecular complexity index is 629. The predicted octanol–water partition coefficient (Wildman–Crippen LogP) is 1.74. The Morgan fingerprint density at radius 1 is 1.06 bits per heavy atom. The molecule has 1 N–H and O–H groups in total. The minimum Gasteiger partial charge on any atom is -0.345 e. The minimum absolute atomic E-state index is 0.117. The van der Waals surface area contributed by atoms with Gasteiger partial charge in [0.1, 0.15) is 0 Å². The summed E-state index contributed by atoms with van der Waals surface area (Å²) in [6.45, 7) is 0. The van der Waals surface area contributed by atoms with E-state index in [1.165, 1.54) is 4.90 Å². The van der Waals surface area contributed by atoms with Crippen LogP contribution >= 0.6 is 0 Å². The van der Waals surface area contributed by atoms with Gasteiger partial charge in [-0.25, -0.2) is 0 Å². The quantitative estimate of drug-likeness (QED) is 0.872. The molecule has 0 aliphatic carbocycles. The van der Waals surface area contributed by atoms with Crippen LogP contribution in [0.15, 0.2) is 47.4 Å². The largest absolute Gasteiger partial charge is 0.345 e. The van der Waals surface area contributed by atoms with Gasteiger partial charge in [-0.3, -0.25) is 9.59 Å². The second-order valence-electron chi connectivity index (χ2n) is 4.16. The lowest BCUT2D eigenvalue weighted by molar-refractivity contribution is 0.0828. The number of nitrogens with one attached hydrogen (secondary N) is 1. The van der Waals surface area contributed by atoms with Crippen LogP contribution in [-0.2, 0) is 0 Å². The van der Waals surface area contributed by atoms with Crippen LogP contribution < -0.4 is 5.56 Å². The highest BCUT2D eigenvalue weighted by Gasteiger charge is 2.15. The number of carbonyl (C=O) groups excluding carboxylic acids is 1. The fourth-order valence-corrected chi connectivity index (χ4v) is 1.78. The highest BCUT2D eigenvalue weighted by atomic mass is 16.2. The van der Waals surface area contributed by atoms with E-state index in [4.69, 9.17) is 0 Å². The van der Waals surface area contributed by atoms with Gasteiger partial charge in [-0.2, -0.15) is 0 Å². The molecule has 2 aromatic rings. The molecule has 0 aliphatic heterocycles. The summed E-state index contributed by atoms with van der Waals surface area (Å²) in [6.07, 6.45) is 1.57. The Hall–Kier alpha value is -2.36. The molecular formula is C14H14N2O2. The first-order valence-corrected chi connectivity index (χ1v) is 5.60. The number of pyridine rings is 1. The van der Waals surface area contributed by atoms with Crippen molar-refractivity contribution in [2.75, 3.05) is 14.1 Å². The third-order valence-electron chi connectivity index (χ3n) is 2.67. The lowest BCUT2D eigenvalue weighted by Gasteiger charge is -2.13. The SMILES string of the molecule is CN(C)C(=O)c1ccccc1-c1ccc[nH]c1=O. The van der Waals surface area contributed by atoms with Gasteiger partial charge in [-0.15, -0.1) is 0 Å². The Morgan fingerprint density at radius 3 is 2.39 bits per heavy atom. The standard InChI is InChI=1S/C14H14N2O2/c1-16(2)14(18)12-7-4-3-6-10(12)11-8-5-9-15-13(11)17/h3-9H,1-2H3,(H,15,17). The Labute approximate surface area is 105 Å². The number of benzene rings is 1. The van der Waals surface area contributed by atoms with Gasteiger partial charge in [0.25, 0.3) is 11.5 Å². The van der Waals surface area contributed by atoms with E-state index < -0.39 is 0 Å². The molecule has 0 spiro atoms. The molecule has 4 heteroatoms. The van der Waals surface area contributed by atoms with Gasteiger partial charge in [0.15, 0.2) is 0 Å². The minimum atomic E-state index is -0.198. The van der Waals surface area contributed by atoms with Crippen molar-refractivity contribution >= 4 is 5.91 Å². The fraction of sp³-hybridized carbons (Fsp3) is 0.143. The number of aromatic nitrogens is 1. The lowest BCUT2D eigenvalue weighted by Crippen LogP contribution is -2.23. The number of rotatable bonds is 2. The summed E-state index contributed by atoms with van der Waals surface area (Å²) in [5.41, 5.74) is 1.48. The molecule has 0 radical (unpaired) electrons. The van der Waals surface area contributed by atoms with Crippen molar-refractivity contribution in [3.8, 4) is 11.1 Å². The summed E-state index contributed by atoms with van der Waals surface area (Å²) in [5, 5.41) is 0. The summed E-state index contributed by atoms with van der Waals surface area (Å²) in [4.78, 5) is 28.0. The van der Waals surface area contributed by atoms with Crippen LogP contribution in [-0.4, -0.2) is 29.9 Å². The van der Waals surface area contributed by atoms with Gasteiger partial charge < -0.3 is 9.88 Å². The zero-order chi connectivity index (χ0) is 13.1. The zero-order valence-electron chi connectivity index (χ0n) is 10.3. The molecule has 0 fully saturated rings. The first kappa shape index (κ1) is 12.1. The summed E-state index contributed by atoms with van der Waals surface area (Å²) < 4.78 is 0. The number of hydrogen-bond donors (Lipinski definition) is 1.